The summed E-state index contributed by atoms with van der Waals surface area (Å²) in [5, 5.41) is 2.84. The van der Waals surface area contributed by atoms with Crippen molar-refractivity contribution in [2.75, 3.05) is 12.9 Å². The van der Waals surface area contributed by atoms with Crippen molar-refractivity contribution in [3.05, 3.63) is 89.4 Å². The van der Waals surface area contributed by atoms with Crippen molar-refractivity contribution in [3.63, 3.8) is 0 Å². The molecule has 0 bridgehead atoms. The Balaban J connectivity index is 1.39. The molecular weight excluding hydrogens is 400 g/mol. The Bertz CT molecular complexity index is 1000. The molecule has 1 aliphatic heterocycles. The normalized spacial score (nSPS) is 16.0. The number of ether oxygens (including phenoxy) is 1. The molecule has 2 amide bonds. The lowest BCUT2D eigenvalue weighted by molar-refractivity contribution is -0.128. The second-order valence-electron chi connectivity index (χ2n) is 6.92. The summed E-state index contributed by atoms with van der Waals surface area (Å²) in [5.41, 5.74) is 2.57. The quantitative estimate of drug-likeness (QED) is 0.623. The minimum Gasteiger partial charge on any atom is -0.497 e. The van der Waals surface area contributed by atoms with Crippen LogP contribution in [0.2, 0.25) is 0 Å². The van der Waals surface area contributed by atoms with Crippen molar-refractivity contribution < 1.29 is 18.7 Å². The van der Waals surface area contributed by atoms with Crippen molar-refractivity contribution in [2.45, 2.75) is 18.5 Å². The first-order valence-electron chi connectivity index (χ1n) is 9.58. The van der Waals surface area contributed by atoms with Crippen LogP contribution < -0.4 is 10.1 Å². The van der Waals surface area contributed by atoms with Crippen LogP contribution in [0.4, 0.5) is 0 Å². The first kappa shape index (κ1) is 20.1. The maximum atomic E-state index is 12.5. The van der Waals surface area contributed by atoms with Gasteiger partial charge >= 0.3 is 0 Å². The van der Waals surface area contributed by atoms with Gasteiger partial charge in [0, 0.05) is 12.1 Å². The molecule has 0 unspecified atom stereocenters. The van der Waals surface area contributed by atoms with Gasteiger partial charge in [-0.2, -0.15) is 0 Å². The van der Waals surface area contributed by atoms with E-state index in [1.54, 1.807) is 37.3 Å². The lowest BCUT2D eigenvalue weighted by Gasteiger charge is -2.23. The molecule has 154 valence electrons. The SMILES string of the molecule is COc1ccc(CNC(=O)c2ccc([C@H]3SCC(=O)N3Cc3ccco3)cc2)cc1. The number of hydrogen-bond donors (Lipinski definition) is 1. The lowest BCUT2D eigenvalue weighted by Crippen LogP contribution is -2.27. The van der Waals surface area contributed by atoms with Crippen LogP contribution in [0.1, 0.15) is 32.6 Å². The summed E-state index contributed by atoms with van der Waals surface area (Å²) < 4.78 is 10.5. The molecule has 1 atom stereocenters. The molecule has 3 aromatic rings. The van der Waals surface area contributed by atoms with Gasteiger partial charge in [-0.05, 0) is 47.5 Å². The van der Waals surface area contributed by atoms with Crippen LogP contribution in [0.3, 0.4) is 0 Å². The highest BCUT2D eigenvalue weighted by Gasteiger charge is 2.33. The number of methoxy groups -OCH3 is 1. The van der Waals surface area contributed by atoms with Crippen molar-refractivity contribution in [1.82, 2.24) is 10.2 Å². The van der Waals surface area contributed by atoms with Crippen molar-refractivity contribution in [2.24, 2.45) is 0 Å². The third kappa shape index (κ3) is 4.52. The zero-order valence-corrected chi connectivity index (χ0v) is 17.4. The van der Waals surface area contributed by atoms with Crippen molar-refractivity contribution in [3.8, 4) is 5.75 Å². The van der Waals surface area contributed by atoms with Crippen LogP contribution in [0.15, 0.2) is 71.3 Å². The van der Waals surface area contributed by atoms with Gasteiger partial charge in [0.15, 0.2) is 0 Å². The molecule has 6 nitrogen and oxygen atoms in total. The molecule has 0 spiro atoms. The Hall–Kier alpha value is -3.19. The van der Waals surface area contributed by atoms with Gasteiger partial charge in [-0.25, -0.2) is 0 Å². The van der Waals surface area contributed by atoms with Gasteiger partial charge in [0.2, 0.25) is 5.91 Å². The summed E-state index contributed by atoms with van der Waals surface area (Å²) in [5.74, 6) is 1.92. The van der Waals surface area contributed by atoms with E-state index in [9.17, 15) is 9.59 Å². The smallest absolute Gasteiger partial charge is 0.251 e. The highest BCUT2D eigenvalue weighted by Crippen LogP contribution is 2.39. The molecule has 0 saturated carbocycles. The molecule has 0 aliphatic carbocycles. The fraction of sp³-hybridized carbons (Fsp3) is 0.217. The Morgan fingerprint density at radius 3 is 2.60 bits per heavy atom. The maximum absolute atomic E-state index is 12.5. The van der Waals surface area contributed by atoms with Gasteiger partial charge in [-0.3, -0.25) is 9.59 Å². The fourth-order valence-electron chi connectivity index (χ4n) is 3.30. The number of furan rings is 1. The maximum Gasteiger partial charge on any atom is 0.251 e. The molecule has 7 heteroatoms. The Morgan fingerprint density at radius 1 is 1.17 bits per heavy atom. The lowest BCUT2D eigenvalue weighted by atomic mass is 10.1. The minimum absolute atomic E-state index is 0.0842. The number of hydrogen-bond acceptors (Lipinski definition) is 5. The number of rotatable bonds is 7. The first-order valence-corrected chi connectivity index (χ1v) is 10.6. The van der Waals surface area contributed by atoms with E-state index < -0.39 is 0 Å². The predicted molar refractivity (Wildman–Crippen MR) is 115 cm³/mol. The Morgan fingerprint density at radius 2 is 1.93 bits per heavy atom. The van der Waals surface area contributed by atoms with Crippen LogP contribution in [-0.2, 0) is 17.9 Å². The molecule has 30 heavy (non-hydrogen) atoms. The van der Waals surface area contributed by atoms with Crippen molar-refractivity contribution in [1.29, 1.82) is 0 Å². The second-order valence-corrected chi connectivity index (χ2v) is 7.99. The van der Waals surface area contributed by atoms with Gasteiger partial charge in [0.05, 0.1) is 25.7 Å². The average molecular weight is 423 g/mol. The second kappa shape index (κ2) is 9.09. The first-order chi connectivity index (χ1) is 14.6. The number of benzene rings is 2. The van der Waals surface area contributed by atoms with E-state index in [2.05, 4.69) is 5.32 Å². The number of nitrogens with zero attached hydrogens (tertiary/aromatic N) is 1. The summed E-state index contributed by atoms with van der Waals surface area (Å²) in [6, 6.07) is 18.7. The average Bonchev–Trinajstić information content (AvgIpc) is 3.43. The van der Waals surface area contributed by atoms with Crippen molar-refractivity contribution >= 4 is 23.6 Å². The summed E-state index contributed by atoms with van der Waals surface area (Å²) in [4.78, 5) is 26.6. The molecule has 4 rings (SSSR count). The summed E-state index contributed by atoms with van der Waals surface area (Å²) in [6.45, 7) is 0.877. The van der Waals surface area contributed by atoms with E-state index in [1.807, 2.05) is 53.4 Å². The molecule has 1 aliphatic rings. The summed E-state index contributed by atoms with van der Waals surface area (Å²) >= 11 is 1.58. The monoisotopic (exact) mass is 422 g/mol. The third-order valence-electron chi connectivity index (χ3n) is 4.94. The third-order valence-corrected chi connectivity index (χ3v) is 6.20. The molecule has 2 aromatic carbocycles. The van der Waals surface area contributed by atoms with Crippen LogP contribution in [0.25, 0.3) is 0 Å². The molecule has 0 radical (unpaired) electrons. The Kier molecular flexibility index (Phi) is 6.09. The largest absolute Gasteiger partial charge is 0.497 e. The molecule has 1 saturated heterocycles. The van der Waals surface area contributed by atoms with Gasteiger partial charge in [0.1, 0.15) is 16.9 Å². The number of carbonyl (C=O) groups is 2. The van der Waals surface area contributed by atoms with E-state index in [0.29, 0.717) is 24.4 Å². The van der Waals surface area contributed by atoms with E-state index in [1.165, 1.54) is 0 Å². The summed E-state index contributed by atoms with van der Waals surface area (Å²) in [7, 11) is 1.62. The molecule has 2 heterocycles. The Labute approximate surface area is 179 Å². The van der Waals surface area contributed by atoms with Crippen LogP contribution >= 0.6 is 11.8 Å². The van der Waals surface area contributed by atoms with E-state index >= 15 is 0 Å². The van der Waals surface area contributed by atoms with Crippen LogP contribution in [0, 0.1) is 0 Å². The van der Waals surface area contributed by atoms with E-state index in [0.717, 1.165) is 22.6 Å². The zero-order chi connectivity index (χ0) is 20.9. The number of nitrogens with one attached hydrogen (secondary N) is 1. The molecule has 1 aromatic heterocycles. The van der Waals surface area contributed by atoms with Crippen LogP contribution in [-0.4, -0.2) is 29.6 Å². The minimum atomic E-state index is -0.139. The zero-order valence-electron chi connectivity index (χ0n) is 16.5. The van der Waals surface area contributed by atoms with Gasteiger partial charge in [-0.15, -0.1) is 11.8 Å². The number of amides is 2. The van der Waals surface area contributed by atoms with E-state index in [-0.39, 0.29) is 17.2 Å². The van der Waals surface area contributed by atoms with Gasteiger partial charge in [-0.1, -0.05) is 24.3 Å². The number of carbonyl (C=O) groups excluding carboxylic acids is 2. The molecule has 1 N–H and O–H groups in total. The van der Waals surface area contributed by atoms with Gasteiger partial charge < -0.3 is 19.4 Å². The highest BCUT2D eigenvalue weighted by atomic mass is 32.2. The standard InChI is InChI=1S/C23H22N2O4S/c1-28-19-10-4-16(5-11-19)13-24-22(27)17-6-8-18(9-7-17)23-25(21(26)15-30-23)14-20-3-2-12-29-20/h2-12,23H,13-15H2,1H3,(H,24,27)/t23-/m1/s1. The predicted octanol–water partition coefficient (Wildman–Crippen LogP) is 3.99. The topological polar surface area (TPSA) is 71.8 Å². The summed E-state index contributed by atoms with van der Waals surface area (Å²) in [6.07, 6.45) is 1.61. The molecule has 1 fully saturated rings. The van der Waals surface area contributed by atoms with E-state index in [4.69, 9.17) is 9.15 Å². The molecular formula is C23H22N2O4S. The van der Waals surface area contributed by atoms with Gasteiger partial charge in [0.25, 0.3) is 5.91 Å². The highest BCUT2D eigenvalue weighted by molar-refractivity contribution is 8.00. The van der Waals surface area contributed by atoms with Crippen LogP contribution in [0.5, 0.6) is 5.75 Å². The fourth-order valence-corrected chi connectivity index (χ4v) is 4.49. The number of thioether (sulfide) groups is 1.